The first-order chi connectivity index (χ1) is 10.0. The second-order valence-corrected chi connectivity index (χ2v) is 6.88. The van der Waals surface area contributed by atoms with Gasteiger partial charge in [0.25, 0.3) is 0 Å². The summed E-state index contributed by atoms with van der Waals surface area (Å²) in [7, 11) is 4.28. The van der Waals surface area contributed by atoms with Crippen molar-refractivity contribution in [2.24, 2.45) is 0 Å². The standard InChI is InChI=1S/C15H28BrN5/c1-5-21-14(15(16)13(2)17-21)12-20-10-8-19(9-11-20)7-6-18(3)4/h5-12H2,1-4H3. The predicted octanol–water partition coefficient (Wildman–Crippen LogP) is 1.65. The summed E-state index contributed by atoms with van der Waals surface area (Å²) in [6, 6.07) is 0. The second-order valence-electron chi connectivity index (χ2n) is 6.08. The van der Waals surface area contributed by atoms with Crippen LogP contribution in [-0.4, -0.2) is 77.8 Å². The van der Waals surface area contributed by atoms with Crippen molar-refractivity contribution in [1.82, 2.24) is 24.5 Å². The van der Waals surface area contributed by atoms with E-state index in [4.69, 9.17) is 0 Å². The molecular weight excluding hydrogens is 330 g/mol. The fourth-order valence-electron chi connectivity index (χ4n) is 2.74. The molecule has 120 valence electrons. The van der Waals surface area contributed by atoms with Gasteiger partial charge in [-0.05, 0) is 43.9 Å². The summed E-state index contributed by atoms with van der Waals surface area (Å²) in [6.45, 7) is 13.1. The number of likely N-dealkylation sites (N-methyl/N-ethyl adjacent to an activating group) is 1. The Morgan fingerprint density at radius 2 is 1.76 bits per heavy atom. The van der Waals surface area contributed by atoms with Gasteiger partial charge in [-0.25, -0.2) is 0 Å². The van der Waals surface area contributed by atoms with E-state index in [-0.39, 0.29) is 0 Å². The lowest BCUT2D eigenvalue weighted by Gasteiger charge is -2.35. The van der Waals surface area contributed by atoms with Crippen LogP contribution >= 0.6 is 15.9 Å². The van der Waals surface area contributed by atoms with Crippen LogP contribution in [-0.2, 0) is 13.1 Å². The zero-order valence-electron chi connectivity index (χ0n) is 13.8. The molecule has 0 spiro atoms. The molecule has 1 aliphatic rings. The minimum atomic E-state index is 0.935. The average Bonchev–Trinajstić information content (AvgIpc) is 2.74. The van der Waals surface area contributed by atoms with Crippen molar-refractivity contribution >= 4 is 15.9 Å². The van der Waals surface area contributed by atoms with Crippen LogP contribution in [0.2, 0.25) is 0 Å². The number of nitrogens with zero attached hydrogens (tertiary/aromatic N) is 5. The molecule has 0 aromatic carbocycles. The van der Waals surface area contributed by atoms with Crippen molar-refractivity contribution in [2.75, 3.05) is 53.4 Å². The smallest absolute Gasteiger partial charge is 0.0739 e. The minimum Gasteiger partial charge on any atom is -0.308 e. The molecule has 0 bridgehead atoms. The van der Waals surface area contributed by atoms with Gasteiger partial charge in [0.05, 0.1) is 15.9 Å². The Labute approximate surface area is 137 Å². The zero-order valence-corrected chi connectivity index (χ0v) is 15.4. The molecule has 0 radical (unpaired) electrons. The molecule has 1 aliphatic heterocycles. The van der Waals surface area contributed by atoms with Crippen LogP contribution in [0.25, 0.3) is 0 Å². The predicted molar refractivity (Wildman–Crippen MR) is 90.6 cm³/mol. The van der Waals surface area contributed by atoms with E-state index in [1.165, 1.54) is 29.8 Å². The van der Waals surface area contributed by atoms with Gasteiger partial charge in [-0.3, -0.25) is 14.5 Å². The quantitative estimate of drug-likeness (QED) is 0.773. The topological polar surface area (TPSA) is 27.5 Å². The number of halogens is 1. The molecule has 1 aromatic rings. The Kier molecular flexibility index (Phi) is 6.22. The SMILES string of the molecule is CCn1nc(C)c(Br)c1CN1CCN(CCN(C)C)CC1. The fourth-order valence-corrected chi connectivity index (χ4v) is 3.15. The summed E-state index contributed by atoms with van der Waals surface area (Å²) in [6.07, 6.45) is 0. The van der Waals surface area contributed by atoms with Gasteiger partial charge in [0, 0.05) is 52.4 Å². The lowest BCUT2D eigenvalue weighted by molar-refractivity contribution is 0.118. The van der Waals surface area contributed by atoms with Gasteiger partial charge >= 0.3 is 0 Å². The van der Waals surface area contributed by atoms with Crippen molar-refractivity contribution in [3.05, 3.63) is 15.9 Å². The molecule has 6 heteroatoms. The molecule has 0 N–H and O–H groups in total. The van der Waals surface area contributed by atoms with E-state index in [9.17, 15) is 0 Å². The Bertz CT molecular complexity index is 449. The van der Waals surface area contributed by atoms with Crippen LogP contribution in [0.3, 0.4) is 0 Å². The lowest BCUT2D eigenvalue weighted by Crippen LogP contribution is -2.47. The Morgan fingerprint density at radius 3 is 2.33 bits per heavy atom. The normalized spacial score (nSPS) is 17.8. The van der Waals surface area contributed by atoms with Gasteiger partial charge in [-0.15, -0.1) is 0 Å². The van der Waals surface area contributed by atoms with Crippen molar-refractivity contribution in [1.29, 1.82) is 0 Å². The summed E-state index contributed by atoms with van der Waals surface area (Å²) in [5.74, 6) is 0. The molecule has 1 saturated heterocycles. The van der Waals surface area contributed by atoms with Crippen LogP contribution in [0.1, 0.15) is 18.3 Å². The first kappa shape index (κ1) is 16.9. The van der Waals surface area contributed by atoms with E-state index >= 15 is 0 Å². The zero-order chi connectivity index (χ0) is 15.4. The van der Waals surface area contributed by atoms with E-state index in [0.717, 1.165) is 38.4 Å². The number of piperazine rings is 1. The minimum absolute atomic E-state index is 0.935. The highest BCUT2D eigenvalue weighted by Gasteiger charge is 2.20. The number of rotatable bonds is 6. The first-order valence-electron chi connectivity index (χ1n) is 7.82. The van der Waals surface area contributed by atoms with E-state index in [1.807, 2.05) is 0 Å². The molecule has 0 unspecified atom stereocenters. The second kappa shape index (κ2) is 7.72. The highest BCUT2D eigenvalue weighted by atomic mass is 79.9. The van der Waals surface area contributed by atoms with Gasteiger partial charge in [0.15, 0.2) is 0 Å². The van der Waals surface area contributed by atoms with Crippen molar-refractivity contribution in [2.45, 2.75) is 26.9 Å². The summed E-state index contributed by atoms with van der Waals surface area (Å²) >= 11 is 3.70. The molecule has 1 aromatic heterocycles. The molecule has 5 nitrogen and oxygen atoms in total. The largest absolute Gasteiger partial charge is 0.308 e. The summed E-state index contributed by atoms with van der Waals surface area (Å²) in [4.78, 5) is 7.36. The fraction of sp³-hybridized carbons (Fsp3) is 0.800. The van der Waals surface area contributed by atoms with Crippen LogP contribution in [0.4, 0.5) is 0 Å². The highest BCUT2D eigenvalue weighted by molar-refractivity contribution is 9.10. The highest BCUT2D eigenvalue weighted by Crippen LogP contribution is 2.22. The Hall–Kier alpha value is -0.430. The molecule has 0 amide bonds. The average molecular weight is 358 g/mol. The maximum atomic E-state index is 4.59. The number of hydrogen-bond donors (Lipinski definition) is 0. The molecule has 0 aliphatic carbocycles. The Balaban J connectivity index is 1.86. The maximum Gasteiger partial charge on any atom is 0.0739 e. The van der Waals surface area contributed by atoms with Crippen LogP contribution in [0.5, 0.6) is 0 Å². The van der Waals surface area contributed by atoms with Crippen LogP contribution in [0.15, 0.2) is 4.47 Å². The molecule has 0 saturated carbocycles. The van der Waals surface area contributed by atoms with Crippen LogP contribution in [0, 0.1) is 6.92 Å². The number of aromatic nitrogens is 2. The van der Waals surface area contributed by atoms with Gasteiger partial charge in [0.1, 0.15) is 0 Å². The van der Waals surface area contributed by atoms with E-state index < -0.39 is 0 Å². The molecular formula is C15H28BrN5. The monoisotopic (exact) mass is 357 g/mol. The molecule has 21 heavy (non-hydrogen) atoms. The van der Waals surface area contributed by atoms with E-state index in [1.54, 1.807) is 0 Å². The molecule has 0 atom stereocenters. The van der Waals surface area contributed by atoms with Gasteiger partial charge in [0.2, 0.25) is 0 Å². The lowest BCUT2D eigenvalue weighted by atomic mass is 10.2. The van der Waals surface area contributed by atoms with Gasteiger partial charge in [-0.1, -0.05) is 0 Å². The number of aryl methyl sites for hydroxylation is 2. The maximum absolute atomic E-state index is 4.59. The molecule has 2 heterocycles. The third-order valence-electron chi connectivity index (χ3n) is 4.15. The van der Waals surface area contributed by atoms with Crippen LogP contribution < -0.4 is 0 Å². The van der Waals surface area contributed by atoms with Crippen molar-refractivity contribution in [3.63, 3.8) is 0 Å². The van der Waals surface area contributed by atoms with Gasteiger partial charge in [-0.2, -0.15) is 5.10 Å². The van der Waals surface area contributed by atoms with E-state index in [0.29, 0.717) is 0 Å². The van der Waals surface area contributed by atoms with Gasteiger partial charge < -0.3 is 4.90 Å². The first-order valence-corrected chi connectivity index (χ1v) is 8.61. The molecule has 1 fully saturated rings. The third kappa shape index (κ3) is 4.52. The van der Waals surface area contributed by atoms with Crippen molar-refractivity contribution in [3.8, 4) is 0 Å². The summed E-state index contributed by atoms with van der Waals surface area (Å²) in [5.41, 5.74) is 2.41. The van der Waals surface area contributed by atoms with Crippen molar-refractivity contribution < 1.29 is 0 Å². The summed E-state index contributed by atoms with van der Waals surface area (Å²) in [5, 5.41) is 4.59. The Morgan fingerprint density at radius 1 is 1.14 bits per heavy atom. The number of hydrogen-bond acceptors (Lipinski definition) is 4. The molecule has 2 rings (SSSR count). The third-order valence-corrected chi connectivity index (χ3v) is 5.19. The summed E-state index contributed by atoms with van der Waals surface area (Å²) < 4.78 is 3.30. The van der Waals surface area contributed by atoms with E-state index in [2.05, 4.69) is 68.4 Å².